The van der Waals surface area contributed by atoms with Crippen LogP contribution in [0, 0.1) is 12.8 Å². The molecular formula is C29H32N6. The number of benzene rings is 2. The standard InChI is InChI=1S/C29H32N6/c1-21-17-30-33(2)29(21)26-13-14-28(32-31-26)35-16-15-24-18-34(20-27(24)35)19-25(22-9-5-3-6-10-22)23-11-7-4-8-12-23/h3-14,17,24-25,27H,15-16,18-20H2,1-2H3. The second-order valence-electron chi connectivity index (χ2n) is 9.98. The van der Waals surface area contributed by atoms with Crippen molar-refractivity contribution in [1.82, 2.24) is 24.9 Å². The number of nitrogens with zero attached hydrogens (tertiary/aromatic N) is 6. The van der Waals surface area contributed by atoms with Gasteiger partial charge in [0.05, 0.1) is 11.9 Å². The largest absolute Gasteiger partial charge is 0.351 e. The molecule has 0 amide bonds. The Bertz CT molecular complexity index is 1210. The Labute approximate surface area is 207 Å². The van der Waals surface area contributed by atoms with E-state index < -0.39 is 0 Å². The van der Waals surface area contributed by atoms with Gasteiger partial charge in [-0.15, -0.1) is 10.2 Å². The second kappa shape index (κ2) is 9.27. The fraction of sp³-hybridized carbons (Fsp3) is 0.345. The van der Waals surface area contributed by atoms with E-state index in [0.717, 1.165) is 48.9 Å². The molecule has 2 aliphatic rings. The predicted molar refractivity (Wildman–Crippen MR) is 139 cm³/mol. The van der Waals surface area contributed by atoms with Crippen LogP contribution in [0.1, 0.15) is 29.0 Å². The third-order valence-electron chi connectivity index (χ3n) is 7.78. The highest BCUT2D eigenvalue weighted by atomic mass is 15.3. The average molecular weight is 465 g/mol. The van der Waals surface area contributed by atoms with Crippen LogP contribution < -0.4 is 4.90 Å². The summed E-state index contributed by atoms with van der Waals surface area (Å²) in [5.41, 5.74) is 5.81. The molecule has 2 fully saturated rings. The predicted octanol–water partition coefficient (Wildman–Crippen LogP) is 4.53. The fourth-order valence-corrected chi connectivity index (χ4v) is 6.03. The number of anilines is 1. The zero-order valence-corrected chi connectivity index (χ0v) is 20.5. The summed E-state index contributed by atoms with van der Waals surface area (Å²) in [4.78, 5) is 5.14. The molecular weight excluding hydrogens is 432 g/mol. The minimum atomic E-state index is 0.380. The number of likely N-dealkylation sites (tertiary alicyclic amines) is 1. The van der Waals surface area contributed by atoms with E-state index in [1.54, 1.807) is 0 Å². The van der Waals surface area contributed by atoms with Gasteiger partial charge in [-0.3, -0.25) is 9.58 Å². The van der Waals surface area contributed by atoms with Crippen LogP contribution in [0.25, 0.3) is 11.4 Å². The quantitative estimate of drug-likeness (QED) is 0.420. The van der Waals surface area contributed by atoms with Gasteiger partial charge in [-0.05, 0) is 48.1 Å². The van der Waals surface area contributed by atoms with E-state index in [4.69, 9.17) is 0 Å². The van der Waals surface area contributed by atoms with E-state index in [-0.39, 0.29) is 0 Å². The minimum absolute atomic E-state index is 0.380. The van der Waals surface area contributed by atoms with Gasteiger partial charge in [0.2, 0.25) is 0 Å². The zero-order chi connectivity index (χ0) is 23.8. The van der Waals surface area contributed by atoms with Crippen molar-refractivity contribution in [2.75, 3.05) is 31.1 Å². The van der Waals surface area contributed by atoms with Crippen molar-refractivity contribution >= 4 is 5.82 Å². The SMILES string of the molecule is Cc1cnn(C)c1-c1ccc(N2CCC3CN(CC(c4ccccc4)c4ccccc4)CC32)nn1. The summed E-state index contributed by atoms with van der Waals surface area (Å²) in [6, 6.07) is 26.6. The van der Waals surface area contributed by atoms with E-state index in [2.05, 4.69) is 105 Å². The first kappa shape index (κ1) is 22.0. The van der Waals surface area contributed by atoms with Gasteiger partial charge in [-0.1, -0.05) is 60.7 Å². The third kappa shape index (κ3) is 4.23. The summed E-state index contributed by atoms with van der Waals surface area (Å²) in [7, 11) is 1.95. The molecule has 6 nitrogen and oxygen atoms in total. The first-order valence-corrected chi connectivity index (χ1v) is 12.6. The summed E-state index contributed by atoms with van der Waals surface area (Å²) in [6.07, 6.45) is 3.09. The molecule has 0 aliphatic carbocycles. The lowest BCUT2D eigenvalue weighted by Crippen LogP contribution is -2.37. The van der Waals surface area contributed by atoms with E-state index in [1.165, 1.54) is 17.5 Å². The molecule has 2 unspecified atom stereocenters. The number of rotatable bonds is 6. The molecule has 0 N–H and O–H groups in total. The van der Waals surface area contributed by atoms with Crippen molar-refractivity contribution in [1.29, 1.82) is 0 Å². The third-order valence-corrected chi connectivity index (χ3v) is 7.78. The van der Waals surface area contributed by atoms with Crippen LogP contribution in [0.4, 0.5) is 5.82 Å². The van der Waals surface area contributed by atoms with Crippen molar-refractivity contribution in [3.05, 3.63) is 95.7 Å². The summed E-state index contributed by atoms with van der Waals surface area (Å²) >= 11 is 0. The van der Waals surface area contributed by atoms with Crippen LogP contribution in [0.2, 0.25) is 0 Å². The topological polar surface area (TPSA) is 50.1 Å². The van der Waals surface area contributed by atoms with Crippen LogP contribution in [-0.2, 0) is 7.05 Å². The molecule has 2 aromatic carbocycles. The van der Waals surface area contributed by atoms with Crippen molar-refractivity contribution < 1.29 is 0 Å². The highest BCUT2D eigenvalue weighted by Gasteiger charge is 2.42. The Hall–Kier alpha value is -3.51. The van der Waals surface area contributed by atoms with E-state index in [1.807, 2.05) is 17.9 Å². The van der Waals surface area contributed by atoms with Crippen LogP contribution in [0.5, 0.6) is 0 Å². The van der Waals surface area contributed by atoms with Gasteiger partial charge in [-0.2, -0.15) is 5.10 Å². The van der Waals surface area contributed by atoms with Crippen LogP contribution in [0.3, 0.4) is 0 Å². The number of hydrogen-bond acceptors (Lipinski definition) is 5. The molecule has 2 aliphatic heterocycles. The number of aryl methyl sites for hydroxylation is 2. The lowest BCUT2D eigenvalue weighted by molar-refractivity contribution is 0.307. The van der Waals surface area contributed by atoms with Crippen LogP contribution >= 0.6 is 0 Å². The minimum Gasteiger partial charge on any atom is -0.351 e. The Balaban J connectivity index is 1.19. The number of aromatic nitrogens is 4. The average Bonchev–Trinajstić information content (AvgIpc) is 3.58. The molecule has 0 radical (unpaired) electrons. The maximum atomic E-state index is 4.66. The number of hydrogen-bond donors (Lipinski definition) is 0. The molecule has 0 bridgehead atoms. The monoisotopic (exact) mass is 464 g/mol. The molecule has 0 saturated carbocycles. The lowest BCUT2D eigenvalue weighted by Gasteiger charge is -2.28. The molecule has 2 atom stereocenters. The Morgan fingerprint density at radius 2 is 1.60 bits per heavy atom. The Kier molecular flexibility index (Phi) is 5.82. The van der Waals surface area contributed by atoms with Gasteiger partial charge in [0.1, 0.15) is 5.69 Å². The summed E-state index contributed by atoms with van der Waals surface area (Å²) in [5.74, 6) is 2.06. The zero-order valence-electron chi connectivity index (χ0n) is 20.5. The van der Waals surface area contributed by atoms with Gasteiger partial charge in [0, 0.05) is 45.2 Å². The second-order valence-corrected chi connectivity index (χ2v) is 9.98. The van der Waals surface area contributed by atoms with E-state index in [9.17, 15) is 0 Å². The van der Waals surface area contributed by atoms with Gasteiger partial charge in [0.15, 0.2) is 5.82 Å². The van der Waals surface area contributed by atoms with Crippen molar-refractivity contribution in [2.24, 2.45) is 13.0 Å². The molecule has 35 heavy (non-hydrogen) atoms. The highest BCUT2D eigenvalue weighted by Crippen LogP contribution is 2.36. The summed E-state index contributed by atoms with van der Waals surface area (Å²) < 4.78 is 1.87. The van der Waals surface area contributed by atoms with Crippen LogP contribution in [-0.4, -0.2) is 57.1 Å². The molecule has 4 heterocycles. The summed E-state index contributed by atoms with van der Waals surface area (Å²) in [5, 5.41) is 13.6. The molecule has 178 valence electrons. The Morgan fingerprint density at radius 1 is 0.886 bits per heavy atom. The van der Waals surface area contributed by atoms with E-state index in [0.29, 0.717) is 17.9 Å². The smallest absolute Gasteiger partial charge is 0.151 e. The highest BCUT2D eigenvalue weighted by molar-refractivity contribution is 5.59. The van der Waals surface area contributed by atoms with E-state index >= 15 is 0 Å². The Morgan fingerprint density at radius 3 is 2.20 bits per heavy atom. The maximum Gasteiger partial charge on any atom is 0.151 e. The first-order chi connectivity index (χ1) is 17.2. The first-order valence-electron chi connectivity index (χ1n) is 12.6. The molecule has 6 rings (SSSR count). The van der Waals surface area contributed by atoms with Crippen LogP contribution in [0.15, 0.2) is 79.0 Å². The van der Waals surface area contributed by atoms with Crippen molar-refractivity contribution in [3.63, 3.8) is 0 Å². The molecule has 6 heteroatoms. The lowest BCUT2D eigenvalue weighted by atomic mass is 9.91. The molecule has 2 saturated heterocycles. The molecule has 2 aromatic heterocycles. The van der Waals surface area contributed by atoms with Gasteiger partial charge >= 0.3 is 0 Å². The summed E-state index contributed by atoms with van der Waals surface area (Å²) in [6.45, 7) is 6.39. The fourth-order valence-electron chi connectivity index (χ4n) is 6.03. The van der Waals surface area contributed by atoms with Gasteiger partial charge in [-0.25, -0.2) is 0 Å². The van der Waals surface area contributed by atoms with Crippen molar-refractivity contribution in [2.45, 2.75) is 25.3 Å². The van der Waals surface area contributed by atoms with Crippen molar-refractivity contribution in [3.8, 4) is 11.4 Å². The van der Waals surface area contributed by atoms with Gasteiger partial charge in [0.25, 0.3) is 0 Å². The normalized spacial score (nSPS) is 20.0. The van der Waals surface area contributed by atoms with Gasteiger partial charge < -0.3 is 4.90 Å². The molecule has 4 aromatic rings. The maximum absolute atomic E-state index is 4.66. The number of fused-ring (bicyclic) bond motifs is 1. The molecule has 0 spiro atoms.